The molecule has 104 valence electrons. The molecule has 1 rings (SSSR count). The van der Waals surface area contributed by atoms with Crippen molar-refractivity contribution in [3.63, 3.8) is 0 Å². The van der Waals surface area contributed by atoms with Crippen LogP contribution in [-0.2, 0) is 9.59 Å². The monoisotopic (exact) mass is 263 g/mol. The van der Waals surface area contributed by atoms with Gasteiger partial charge < -0.3 is 10.4 Å². The van der Waals surface area contributed by atoms with Gasteiger partial charge in [-0.15, -0.1) is 0 Å². The smallest absolute Gasteiger partial charge is 0.307 e. The molecule has 1 aromatic carbocycles. The standard InChI is InChI=1S/C15H21NO3/c1-4-13(12-8-6-5-7-9-12)16-14(17)10(2)11(3)15(18)19/h5-11,13H,4H2,1-3H3,(H,16,17)(H,18,19). The number of hydrogen-bond acceptors (Lipinski definition) is 2. The molecule has 0 bridgehead atoms. The van der Waals surface area contributed by atoms with Gasteiger partial charge in [0.05, 0.1) is 12.0 Å². The molecule has 0 saturated carbocycles. The molecule has 3 unspecified atom stereocenters. The molecule has 0 fully saturated rings. The Labute approximate surface area is 113 Å². The molecular formula is C15H21NO3. The molecule has 4 heteroatoms. The van der Waals surface area contributed by atoms with E-state index in [1.807, 2.05) is 37.3 Å². The first kappa shape index (κ1) is 15.2. The van der Waals surface area contributed by atoms with E-state index in [1.165, 1.54) is 0 Å². The minimum absolute atomic E-state index is 0.0721. The summed E-state index contributed by atoms with van der Waals surface area (Å²) in [5.74, 6) is -2.40. The van der Waals surface area contributed by atoms with E-state index in [4.69, 9.17) is 5.11 Å². The van der Waals surface area contributed by atoms with E-state index in [0.29, 0.717) is 0 Å². The average molecular weight is 263 g/mol. The van der Waals surface area contributed by atoms with Crippen LogP contribution in [0.3, 0.4) is 0 Å². The second kappa shape index (κ2) is 6.92. The quantitative estimate of drug-likeness (QED) is 0.829. The van der Waals surface area contributed by atoms with Gasteiger partial charge in [-0.05, 0) is 12.0 Å². The van der Waals surface area contributed by atoms with Crippen molar-refractivity contribution >= 4 is 11.9 Å². The van der Waals surface area contributed by atoms with Crippen molar-refractivity contribution < 1.29 is 14.7 Å². The first-order valence-corrected chi connectivity index (χ1v) is 6.55. The molecule has 0 aliphatic heterocycles. The van der Waals surface area contributed by atoms with Crippen molar-refractivity contribution in [3.05, 3.63) is 35.9 Å². The average Bonchev–Trinajstić information content (AvgIpc) is 2.43. The highest BCUT2D eigenvalue weighted by Gasteiger charge is 2.27. The van der Waals surface area contributed by atoms with Crippen LogP contribution in [-0.4, -0.2) is 17.0 Å². The van der Waals surface area contributed by atoms with Crippen molar-refractivity contribution in [2.24, 2.45) is 11.8 Å². The zero-order chi connectivity index (χ0) is 14.4. The maximum Gasteiger partial charge on any atom is 0.307 e. The van der Waals surface area contributed by atoms with E-state index in [9.17, 15) is 9.59 Å². The number of carboxylic acids is 1. The van der Waals surface area contributed by atoms with Crippen molar-refractivity contribution in [3.8, 4) is 0 Å². The molecular weight excluding hydrogens is 242 g/mol. The minimum Gasteiger partial charge on any atom is -0.481 e. The van der Waals surface area contributed by atoms with Gasteiger partial charge in [0.1, 0.15) is 0 Å². The van der Waals surface area contributed by atoms with Crippen LogP contribution in [0.4, 0.5) is 0 Å². The fourth-order valence-electron chi connectivity index (χ4n) is 1.85. The lowest BCUT2D eigenvalue weighted by Gasteiger charge is -2.22. The Morgan fingerprint density at radius 1 is 1.16 bits per heavy atom. The highest BCUT2D eigenvalue weighted by atomic mass is 16.4. The van der Waals surface area contributed by atoms with Crippen molar-refractivity contribution in [1.29, 1.82) is 0 Å². The molecule has 0 aromatic heterocycles. The maximum absolute atomic E-state index is 12.1. The van der Waals surface area contributed by atoms with Crippen LogP contribution in [0.15, 0.2) is 30.3 Å². The molecule has 4 nitrogen and oxygen atoms in total. The number of carboxylic acid groups (broad SMARTS) is 1. The number of nitrogens with one attached hydrogen (secondary N) is 1. The Bertz CT molecular complexity index is 430. The molecule has 3 atom stereocenters. The summed E-state index contributed by atoms with van der Waals surface area (Å²) in [4.78, 5) is 22.9. The molecule has 0 spiro atoms. The fraction of sp³-hybridized carbons (Fsp3) is 0.467. The largest absolute Gasteiger partial charge is 0.481 e. The molecule has 1 amide bonds. The molecule has 0 saturated heterocycles. The number of benzene rings is 1. The Hall–Kier alpha value is -1.84. The lowest BCUT2D eigenvalue weighted by Crippen LogP contribution is -2.37. The highest BCUT2D eigenvalue weighted by Crippen LogP contribution is 2.18. The van der Waals surface area contributed by atoms with Crippen molar-refractivity contribution in [1.82, 2.24) is 5.32 Å². The lowest BCUT2D eigenvalue weighted by molar-refractivity contribution is -0.146. The van der Waals surface area contributed by atoms with Crippen LogP contribution < -0.4 is 5.32 Å². The van der Waals surface area contributed by atoms with Crippen LogP contribution in [0.5, 0.6) is 0 Å². The summed E-state index contributed by atoms with van der Waals surface area (Å²) in [6, 6.07) is 9.62. The molecule has 1 aromatic rings. The van der Waals surface area contributed by atoms with Gasteiger partial charge >= 0.3 is 5.97 Å². The molecule has 19 heavy (non-hydrogen) atoms. The van der Waals surface area contributed by atoms with E-state index in [2.05, 4.69) is 5.32 Å². The Kier molecular flexibility index (Phi) is 5.55. The summed E-state index contributed by atoms with van der Waals surface area (Å²) in [5.41, 5.74) is 1.04. The van der Waals surface area contributed by atoms with Crippen LogP contribution >= 0.6 is 0 Å². The SMILES string of the molecule is CCC(NC(=O)C(C)C(C)C(=O)O)c1ccccc1. The van der Waals surface area contributed by atoms with E-state index < -0.39 is 17.8 Å². The third kappa shape index (κ3) is 4.09. The lowest BCUT2D eigenvalue weighted by atomic mass is 9.94. The van der Waals surface area contributed by atoms with Crippen LogP contribution in [0, 0.1) is 11.8 Å². The van der Waals surface area contributed by atoms with Gasteiger partial charge in [-0.2, -0.15) is 0 Å². The topological polar surface area (TPSA) is 66.4 Å². The summed E-state index contributed by atoms with van der Waals surface area (Å²) < 4.78 is 0. The van der Waals surface area contributed by atoms with Crippen molar-refractivity contribution in [2.45, 2.75) is 33.2 Å². The van der Waals surface area contributed by atoms with Gasteiger partial charge in [0.2, 0.25) is 5.91 Å². The minimum atomic E-state index is -0.949. The fourth-order valence-corrected chi connectivity index (χ4v) is 1.85. The molecule has 2 N–H and O–H groups in total. The Balaban J connectivity index is 2.71. The number of aliphatic carboxylic acids is 1. The zero-order valence-electron chi connectivity index (χ0n) is 11.6. The van der Waals surface area contributed by atoms with E-state index in [0.717, 1.165) is 12.0 Å². The van der Waals surface area contributed by atoms with Crippen molar-refractivity contribution in [2.75, 3.05) is 0 Å². The third-order valence-corrected chi connectivity index (χ3v) is 3.48. The molecule has 0 heterocycles. The highest BCUT2D eigenvalue weighted by molar-refractivity contribution is 5.84. The maximum atomic E-state index is 12.1. The zero-order valence-corrected chi connectivity index (χ0v) is 11.6. The first-order valence-electron chi connectivity index (χ1n) is 6.55. The second-order valence-electron chi connectivity index (χ2n) is 4.80. The first-order chi connectivity index (χ1) is 8.97. The summed E-state index contributed by atoms with van der Waals surface area (Å²) in [7, 11) is 0. The van der Waals surface area contributed by atoms with Gasteiger partial charge in [-0.25, -0.2) is 0 Å². The Morgan fingerprint density at radius 2 is 1.74 bits per heavy atom. The van der Waals surface area contributed by atoms with E-state index in [-0.39, 0.29) is 11.9 Å². The number of hydrogen-bond donors (Lipinski definition) is 2. The molecule has 0 radical (unpaired) electrons. The Morgan fingerprint density at radius 3 is 2.21 bits per heavy atom. The van der Waals surface area contributed by atoms with Gasteiger partial charge in [0.15, 0.2) is 0 Å². The predicted molar refractivity (Wildman–Crippen MR) is 73.6 cm³/mol. The number of amides is 1. The van der Waals surface area contributed by atoms with E-state index >= 15 is 0 Å². The summed E-state index contributed by atoms with van der Waals surface area (Å²) in [5, 5.41) is 11.8. The summed E-state index contributed by atoms with van der Waals surface area (Å²) in [6.45, 7) is 5.19. The number of carbonyl (C=O) groups excluding carboxylic acids is 1. The number of rotatable bonds is 6. The van der Waals surface area contributed by atoms with Gasteiger partial charge in [-0.3, -0.25) is 9.59 Å². The van der Waals surface area contributed by atoms with Crippen LogP contribution in [0.1, 0.15) is 38.8 Å². The van der Waals surface area contributed by atoms with Crippen LogP contribution in [0.2, 0.25) is 0 Å². The van der Waals surface area contributed by atoms with Crippen LogP contribution in [0.25, 0.3) is 0 Å². The van der Waals surface area contributed by atoms with E-state index in [1.54, 1.807) is 13.8 Å². The van der Waals surface area contributed by atoms with Gasteiger partial charge in [0, 0.05) is 5.92 Å². The summed E-state index contributed by atoms with van der Waals surface area (Å²) in [6.07, 6.45) is 0.768. The molecule has 0 aliphatic carbocycles. The summed E-state index contributed by atoms with van der Waals surface area (Å²) >= 11 is 0. The number of carbonyl (C=O) groups is 2. The normalized spacial score (nSPS) is 15.3. The van der Waals surface area contributed by atoms with Gasteiger partial charge in [-0.1, -0.05) is 51.1 Å². The third-order valence-electron chi connectivity index (χ3n) is 3.48. The molecule has 0 aliphatic rings. The second-order valence-corrected chi connectivity index (χ2v) is 4.80. The van der Waals surface area contributed by atoms with Gasteiger partial charge in [0.25, 0.3) is 0 Å². The predicted octanol–water partition coefficient (Wildman–Crippen LogP) is 2.61.